The quantitative estimate of drug-likeness (QED) is 0.0192. The summed E-state index contributed by atoms with van der Waals surface area (Å²) in [7, 11) is -5.01. The third-order valence-electron chi connectivity index (χ3n) is 13.5. The largest absolute Gasteiger partial charge is 0.472 e. The molecule has 0 radical (unpaired) electrons. The molecule has 0 aromatic heterocycles. The van der Waals surface area contributed by atoms with Crippen molar-refractivity contribution in [1.29, 1.82) is 0 Å². The molecule has 0 heterocycles. The summed E-state index contributed by atoms with van der Waals surface area (Å²) in [5, 5.41) is 50.3. The third kappa shape index (κ3) is 35.4. The van der Waals surface area contributed by atoms with Crippen molar-refractivity contribution in [2.75, 3.05) is 19.8 Å². The zero-order chi connectivity index (χ0) is 48.4. The van der Waals surface area contributed by atoms with E-state index in [4.69, 9.17) is 18.5 Å². The molecule has 0 aromatic carbocycles. The molecule has 1 saturated carbocycles. The van der Waals surface area contributed by atoms with Crippen LogP contribution < -0.4 is 0 Å². The van der Waals surface area contributed by atoms with E-state index in [0.717, 1.165) is 38.5 Å². The van der Waals surface area contributed by atoms with E-state index in [0.29, 0.717) is 13.0 Å². The second-order valence-corrected chi connectivity index (χ2v) is 21.2. The lowest BCUT2D eigenvalue weighted by atomic mass is 9.85. The van der Waals surface area contributed by atoms with Crippen molar-refractivity contribution in [2.45, 2.75) is 313 Å². The van der Waals surface area contributed by atoms with Crippen molar-refractivity contribution in [3.05, 3.63) is 0 Å². The number of hydrogen-bond acceptors (Lipinski definition) is 11. The summed E-state index contributed by atoms with van der Waals surface area (Å²) in [6.07, 6.45) is 37.6. The molecule has 13 heteroatoms. The summed E-state index contributed by atoms with van der Waals surface area (Å²) in [6, 6.07) is 0. The average Bonchev–Trinajstić information content (AvgIpc) is 3.30. The van der Waals surface area contributed by atoms with Gasteiger partial charge in [0.2, 0.25) is 0 Å². The highest BCUT2D eigenvalue weighted by Gasteiger charge is 2.51. The fourth-order valence-electron chi connectivity index (χ4n) is 9.07. The van der Waals surface area contributed by atoms with Gasteiger partial charge in [-0.1, -0.05) is 251 Å². The molecule has 0 amide bonds. The number of aliphatic hydroxyl groups excluding tert-OH is 5. The summed E-state index contributed by atoms with van der Waals surface area (Å²) in [5.74, 6) is -0.468. The Bertz CT molecular complexity index is 1100. The molecule has 0 aromatic rings. The number of phosphoric acid groups is 1. The topological polar surface area (TPSA) is 192 Å². The van der Waals surface area contributed by atoms with Crippen LogP contribution in [-0.2, 0) is 27.9 Å². The molecular weight excluding hydrogens is 860 g/mol. The van der Waals surface area contributed by atoms with Crippen molar-refractivity contribution < 1.29 is 58.3 Å². The van der Waals surface area contributed by atoms with Gasteiger partial charge in [-0.05, 0) is 12.8 Å². The first-order valence-electron chi connectivity index (χ1n) is 27.9. The molecule has 66 heavy (non-hydrogen) atoms. The number of carbonyl (C=O) groups excluding carboxylic acids is 1. The van der Waals surface area contributed by atoms with Crippen LogP contribution in [0.2, 0.25) is 0 Å². The lowest BCUT2D eigenvalue weighted by molar-refractivity contribution is -0.220. The molecule has 0 bridgehead atoms. The lowest BCUT2D eigenvalue weighted by Crippen LogP contribution is -2.64. The van der Waals surface area contributed by atoms with Crippen LogP contribution in [0.4, 0.5) is 0 Å². The van der Waals surface area contributed by atoms with Crippen LogP contribution in [0.1, 0.15) is 271 Å². The fraction of sp³-hybridized carbons (Fsp3) is 0.981. The number of carbonyl (C=O) groups is 1. The molecule has 0 spiro atoms. The molecule has 12 nitrogen and oxygen atoms in total. The van der Waals surface area contributed by atoms with Crippen molar-refractivity contribution >= 4 is 13.8 Å². The van der Waals surface area contributed by atoms with Gasteiger partial charge in [-0.3, -0.25) is 13.8 Å². The molecular formula is C53H105O12P. The maximum Gasteiger partial charge on any atom is 0.472 e. The van der Waals surface area contributed by atoms with E-state index in [1.807, 2.05) is 0 Å². The van der Waals surface area contributed by atoms with Crippen molar-refractivity contribution in [1.82, 2.24) is 0 Å². The first-order chi connectivity index (χ1) is 32.0. The number of esters is 1. The first kappa shape index (κ1) is 63.4. The monoisotopic (exact) mass is 965 g/mol. The van der Waals surface area contributed by atoms with Gasteiger partial charge in [0.05, 0.1) is 13.2 Å². The number of phosphoric ester groups is 1. The number of rotatable bonds is 49. The Labute approximate surface area is 404 Å². The summed E-state index contributed by atoms with van der Waals surface area (Å²) < 4.78 is 34.3. The van der Waals surface area contributed by atoms with E-state index in [9.17, 15) is 39.8 Å². The molecule has 1 rings (SSSR count). The zero-order valence-electron chi connectivity index (χ0n) is 42.5. The molecule has 1 fully saturated rings. The minimum atomic E-state index is -5.01. The second-order valence-electron chi connectivity index (χ2n) is 19.8. The van der Waals surface area contributed by atoms with Gasteiger partial charge in [-0.25, -0.2) is 4.57 Å². The molecule has 6 unspecified atom stereocenters. The molecule has 6 N–H and O–H groups in total. The summed E-state index contributed by atoms with van der Waals surface area (Å²) in [4.78, 5) is 23.2. The van der Waals surface area contributed by atoms with Gasteiger partial charge in [0, 0.05) is 13.0 Å². The molecule has 394 valence electrons. The van der Waals surface area contributed by atoms with Gasteiger partial charge in [-0.2, -0.15) is 0 Å². The standard InChI is InChI=1S/C53H105O12P/c1-3-5-7-9-11-13-15-17-18-19-20-21-22-23-24-25-26-27-28-29-30-31-32-34-36-38-40-42-47(54)64-46(44-62-43-41-39-37-35-33-16-14-12-10-8-6-4-2)45-63-66(60,61)65-53-51(58)49(56)48(55)50(57)52(53)59/h46,48-53,55-59H,3-45H2,1-2H3,(H,60,61)/t46-,48?,49-,50?,51?,52?,53?/m1/s1. The smallest absolute Gasteiger partial charge is 0.457 e. The van der Waals surface area contributed by atoms with E-state index in [-0.39, 0.29) is 13.0 Å². The lowest BCUT2D eigenvalue weighted by Gasteiger charge is -2.41. The fourth-order valence-corrected chi connectivity index (χ4v) is 10.0. The van der Waals surface area contributed by atoms with Crippen LogP contribution in [0, 0.1) is 0 Å². The Morgan fingerprint density at radius 2 is 0.712 bits per heavy atom. The zero-order valence-corrected chi connectivity index (χ0v) is 43.4. The summed E-state index contributed by atoms with van der Waals surface area (Å²) >= 11 is 0. The SMILES string of the molecule is CCCCCCCCCCCCCCCCCCCCCCCCCCCCCC(=O)O[C@H](COCCCCCCCCCCCCCC)COP(=O)(O)OC1C(O)C(O)C(O)[C@@H](O)C1O. The Morgan fingerprint density at radius 1 is 0.424 bits per heavy atom. The van der Waals surface area contributed by atoms with Crippen molar-refractivity contribution in [3.63, 3.8) is 0 Å². The Kier molecular flexibility index (Phi) is 42.5. The highest BCUT2D eigenvalue weighted by Crippen LogP contribution is 2.47. The summed E-state index contributed by atoms with van der Waals surface area (Å²) in [5.41, 5.74) is 0. The highest BCUT2D eigenvalue weighted by molar-refractivity contribution is 7.47. The number of aliphatic hydroxyl groups is 5. The number of ether oxygens (including phenoxy) is 2. The van der Waals surface area contributed by atoms with E-state index in [1.54, 1.807) is 0 Å². The average molecular weight is 965 g/mol. The maximum atomic E-state index is 12.8. The minimum Gasteiger partial charge on any atom is -0.457 e. The van der Waals surface area contributed by atoms with Gasteiger partial charge < -0.3 is 39.9 Å². The van der Waals surface area contributed by atoms with Gasteiger partial charge in [-0.15, -0.1) is 0 Å². The van der Waals surface area contributed by atoms with Crippen LogP contribution in [-0.4, -0.2) is 98.9 Å². The molecule has 0 aliphatic heterocycles. The Balaban J connectivity index is 2.20. The Hall–Kier alpha value is -0.660. The van der Waals surface area contributed by atoms with Gasteiger partial charge >= 0.3 is 13.8 Å². The minimum absolute atomic E-state index is 0.0678. The van der Waals surface area contributed by atoms with Gasteiger partial charge in [0.1, 0.15) is 42.7 Å². The normalized spacial score (nSPS) is 21.3. The first-order valence-corrected chi connectivity index (χ1v) is 29.4. The predicted octanol–water partition coefficient (Wildman–Crippen LogP) is 12.9. The van der Waals surface area contributed by atoms with Crippen LogP contribution >= 0.6 is 7.82 Å². The molecule has 1 aliphatic carbocycles. The number of hydrogen-bond donors (Lipinski definition) is 6. The van der Waals surface area contributed by atoms with E-state index in [2.05, 4.69) is 13.8 Å². The van der Waals surface area contributed by atoms with Crippen molar-refractivity contribution in [3.8, 4) is 0 Å². The number of unbranched alkanes of at least 4 members (excludes halogenated alkanes) is 37. The van der Waals surface area contributed by atoms with Gasteiger partial charge in [0.15, 0.2) is 0 Å². The Morgan fingerprint density at radius 3 is 1.05 bits per heavy atom. The third-order valence-corrected chi connectivity index (χ3v) is 14.5. The van der Waals surface area contributed by atoms with Crippen LogP contribution in [0.5, 0.6) is 0 Å². The van der Waals surface area contributed by atoms with Crippen LogP contribution in [0.3, 0.4) is 0 Å². The molecule has 1 aliphatic rings. The summed E-state index contributed by atoms with van der Waals surface area (Å²) in [6.45, 7) is 4.32. The van der Waals surface area contributed by atoms with E-state index >= 15 is 0 Å². The van der Waals surface area contributed by atoms with Gasteiger partial charge in [0.25, 0.3) is 0 Å². The van der Waals surface area contributed by atoms with E-state index < -0.39 is 63.1 Å². The van der Waals surface area contributed by atoms with Crippen LogP contribution in [0.15, 0.2) is 0 Å². The molecule has 0 saturated heterocycles. The maximum absolute atomic E-state index is 12.8. The molecule has 8 atom stereocenters. The van der Waals surface area contributed by atoms with Crippen molar-refractivity contribution in [2.24, 2.45) is 0 Å². The predicted molar refractivity (Wildman–Crippen MR) is 267 cm³/mol. The second kappa shape index (κ2) is 44.3. The van der Waals surface area contributed by atoms with Crippen LogP contribution in [0.25, 0.3) is 0 Å². The highest BCUT2D eigenvalue weighted by atomic mass is 31.2. The van der Waals surface area contributed by atoms with E-state index in [1.165, 1.54) is 205 Å².